The van der Waals surface area contributed by atoms with E-state index in [9.17, 15) is 4.79 Å². The fourth-order valence-corrected chi connectivity index (χ4v) is 3.59. The van der Waals surface area contributed by atoms with E-state index in [1.807, 2.05) is 6.08 Å². The second-order valence-electron chi connectivity index (χ2n) is 5.12. The number of ketones is 1. The van der Waals surface area contributed by atoms with Crippen molar-refractivity contribution in [2.45, 2.75) is 44.6 Å². The zero-order valence-corrected chi connectivity index (χ0v) is 8.64. The molecule has 2 atom stereocenters. The van der Waals surface area contributed by atoms with Gasteiger partial charge in [0.2, 0.25) is 0 Å². The van der Waals surface area contributed by atoms with Gasteiger partial charge in [-0.15, -0.1) is 0 Å². The summed E-state index contributed by atoms with van der Waals surface area (Å²) in [5.74, 6) is 0.316. The van der Waals surface area contributed by atoms with Gasteiger partial charge in [-0.25, -0.2) is 0 Å². The largest absolute Gasteiger partial charge is 0.370 e. The van der Waals surface area contributed by atoms with Gasteiger partial charge in [-0.3, -0.25) is 4.79 Å². The number of allylic oxidation sites excluding steroid dienone is 1. The molecular formula is C12H16O2. The minimum Gasteiger partial charge on any atom is -0.370 e. The van der Waals surface area contributed by atoms with E-state index in [0.29, 0.717) is 18.8 Å². The van der Waals surface area contributed by atoms with Gasteiger partial charge in [0.1, 0.15) is 0 Å². The monoisotopic (exact) mass is 192 g/mol. The topological polar surface area (TPSA) is 26.3 Å². The van der Waals surface area contributed by atoms with Crippen molar-refractivity contribution in [2.24, 2.45) is 5.41 Å². The molecule has 1 heterocycles. The van der Waals surface area contributed by atoms with Crippen molar-refractivity contribution in [3.8, 4) is 0 Å². The molecule has 14 heavy (non-hydrogen) atoms. The van der Waals surface area contributed by atoms with Gasteiger partial charge in [-0.05, 0) is 31.4 Å². The summed E-state index contributed by atoms with van der Waals surface area (Å²) in [5.41, 5.74) is 1.34. The van der Waals surface area contributed by atoms with Crippen molar-refractivity contribution >= 4 is 5.78 Å². The quantitative estimate of drug-likeness (QED) is 0.588. The highest BCUT2D eigenvalue weighted by molar-refractivity contribution is 5.95. The van der Waals surface area contributed by atoms with E-state index in [1.54, 1.807) is 0 Å². The van der Waals surface area contributed by atoms with Crippen LogP contribution in [0.5, 0.6) is 0 Å². The van der Waals surface area contributed by atoms with E-state index in [0.717, 1.165) is 12.8 Å². The standard InChI is InChI=1S/C12H16O2/c1-11-4-2-3-5-12(11)7-10(13)6-9(12)8-14-11/h6H,2-5,7-8H2,1H3/t11-,12+/m0/s1. The van der Waals surface area contributed by atoms with Gasteiger partial charge < -0.3 is 4.74 Å². The second-order valence-corrected chi connectivity index (χ2v) is 5.12. The molecule has 1 spiro atoms. The van der Waals surface area contributed by atoms with Gasteiger partial charge in [0.05, 0.1) is 12.2 Å². The zero-order chi connectivity index (χ0) is 9.81. The number of carbonyl (C=O) groups is 1. The summed E-state index contributed by atoms with van der Waals surface area (Å²) in [6.07, 6.45) is 7.33. The first-order valence-electron chi connectivity index (χ1n) is 5.54. The predicted molar refractivity (Wildman–Crippen MR) is 53.0 cm³/mol. The second kappa shape index (κ2) is 2.48. The van der Waals surface area contributed by atoms with Crippen LogP contribution in [0.1, 0.15) is 39.0 Å². The van der Waals surface area contributed by atoms with Crippen molar-refractivity contribution in [3.63, 3.8) is 0 Å². The molecule has 2 aliphatic carbocycles. The third-order valence-electron chi connectivity index (χ3n) is 4.49. The average molecular weight is 192 g/mol. The van der Waals surface area contributed by atoms with Crippen molar-refractivity contribution in [1.29, 1.82) is 0 Å². The zero-order valence-electron chi connectivity index (χ0n) is 8.64. The molecule has 0 aromatic rings. The molecule has 76 valence electrons. The number of hydrogen-bond acceptors (Lipinski definition) is 2. The van der Waals surface area contributed by atoms with E-state index in [1.165, 1.54) is 18.4 Å². The van der Waals surface area contributed by atoms with E-state index >= 15 is 0 Å². The van der Waals surface area contributed by atoms with Gasteiger partial charge in [0.15, 0.2) is 5.78 Å². The van der Waals surface area contributed by atoms with Gasteiger partial charge in [-0.1, -0.05) is 12.8 Å². The molecule has 3 rings (SSSR count). The Hall–Kier alpha value is -0.630. The minimum atomic E-state index is -0.0384. The van der Waals surface area contributed by atoms with Crippen LogP contribution in [0.3, 0.4) is 0 Å². The summed E-state index contributed by atoms with van der Waals surface area (Å²) >= 11 is 0. The van der Waals surface area contributed by atoms with Gasteiger partial charge >= 0.3 is 0 Å². The fourth-order valence-electron chi connectivity index (χ4n) is 3.59. The Balaban J connectivity index is 2.09. The molecule has 2 fully saturated rings. The summed E-state index contributed by atoms with van der Waals surface area (Å²) in [6.45, 7) is 2.90. The van der Waals surface area contributed by atoms with Crippen molar-refractivity contribution < 1.29 is 9.53 Å². The maximum absolute atomic E-state index is 11.5. The molecule has 0 radical (unpaired) electrons. The fraction of sp³-hybridized carbons (Fsp3) is 0.750. The third kappa shape index (κ3) is 0.830. The lowest BCUT2D eigenvalue weighted by atomic mass is 9.62. The average Bonchev–Trinajstić information content (AvgIpc) is 2.58. The molecule has 0 N–H and O–H groups in total. The molecule has 0 unspecified atom stereocenters. The Labute approximate surface area is 84.3 Å². The molecule has 0 amide bonds. The highest BCUT2D eigenvalue weighted by atomic mass is 16.5. The van der Waals surface area contributed by atoms with Crippen LogP contribution in [-0.2, 0) is 9.53 Å². The summed E-state index contributed by atoms with van der Waals surface area (Å²) in [5, 5.41) is 0. The molecule has 2 nitrogen and oxygen atoms in total. The number of hydrogen-bond donors (Lipinski definition) is 0. The molecule has 0 aromatic heterocycles. The Morgan fingerprint density at radius 3 is 3.00 bits per heavy atom. The van der Waals surface area contributed by atoms with Crippen LogP contribution in [0, 0.1) is 5.41 Å². The van der Waals surface area contributed by atoms with Crippen LogP contribution >= 0.6 is 0 Å². The van der Waals surface area contributed by atoms with E-state index in [2.05, 4.69) is 6.92 Å². The minimum absolute atomic E-state index is 0.0384. The Bertz CT molecular complexity index is 331. The van der Waals surface area contributed by atoms with Crippen LogP contribution in [0.25, 0.3) is 0 Å². The first-order chi connectivity index (χ1) is 6.66. The summed E-state index contributed by atoms with van der Waals surface area (Å²) in [7, 11) is 0. The number of carbonyl (C=O) groups excluding carboxylic acids is 1. The molecule has 0 aromatic carbocycles. The molecular weight excluding hydrogens is 176 g/mol. The summed E-state index contributed by atoms with van der Waals surface area (Å²) < 4.78 is 5.93. The lowest BCUT2D eigenvalue weighted by molar-refractivity contribution is -0.121. The molecule has 1 saturated heterocycles. The first-order valence-corrected chi connectivity index (χ1v) is 5.54. The molecule has 1 saturated carbocycles. The molecule has 0 bridgehead atoms. The van der Waals surface area contributed by atoms with Gasteiger partial charge in [0.25, 0.3) is 0 Å². The number of rotatable bonds is 0. The van der Waals surface area contributed by atoms with Crippen molar-refractivity contribution in [2.75, 3.05) is 6.61 Å². The Morgan fingerprint density at radius 1 is 1.36 bits per heavy atom. The molecule has 3 aliphatic rings. The Morgan fingerprint density at radius 2 is 2.14 bits per heavy atom. The maximum Gasteiger partial charge on any atom is 0.156 e. The molecule has 1 aliphatic heterocycles. The van der Waals surface area contributed by atoms with Crippen LogP contribution in [0.15, 0.2) is 11.6 Å². The summed E-state index contributed by atoms with van der Waals surface area (Å²) in [4.78, 5) is 11.5. The van der Waals surface area contributed by atoms with Crippen LogP contribution < -0.4 is 0 Å². The van der Waals surface area contributed by atoms with E-state index in [4.69, 9.17) is 4.74 Å². The van der Waals surface area contributed by atoms with Crippen LogP contribution in [0.2, 0.25) is 0 Å². The first kappa shape index (κ1) is 8.66. The summed E-state index contributed by atoms with van der Waals surface area (Å²) in [6, 6.07) is 0. The van der Waals surface area contributed by atoms with Gasteiger partial charge in [0, 0.05) is 11.8 Å². The molecule has 2 heteroatoms. The predicted octanol–water partition coefficient (Wildman–Crippen LogP) is 2.23. The van der Waals surface area contributed by atoms with E-state index in [-0.39, 0.29) is 11.0 Å². The lowest BCUT2D eigenvalue weighted by Crippen LogP contribution is -2.45. The van der Waals surface area contributed by atoms with Crippen molar-refractivity contribution in [1.82, 2.24) is 0 Å². The van der Waals surface area contributed by atoms with Crippen LogP contribution in [0.4, 0.5) is 0 Å². The maximum atomic E-state index is 11.5. The highest BCUT2D eigenvalue weighted by Gasteiger charge is 2.59. The van der Waals surface area contributed by atoms with Crippen LogP contribution in [-0.4, -0.2) is 18.0 Å². The van der Waals surface area contributed by atoms with E-state index < -0.39 is 0 Å². The third-order valence-corrected chi connectivity index (χ3v) is 4.49. The Kier molecular flexibility index (Phi) is 1.54. The number of ether oxygens (including phenoxy) is 1. The normalized spacial score (nSPS) is 46.1. The smallest absolute Gasteiger partial charge is 0.156 e. The highest BCUT2D eigenvalue weighted by Crippen LogP contribution is 2.60. The SMILES string of the molecule is C[C@]12CCCC[C@]13CC(=O)C=C3CO2. The van der Waals surface area contributed by atoms with Crippen molar-refractivity contribution in [3.05, 3.63) is 11.6 Å². The van der Waals surface area contributed by atoms with Gasteiger partial charge in [-0.2, -0.15) is 0 Å². The lowest BCUT2D eigenvalue weighted by Gasteiger charge is -2.44.